The van der Waals surface area contributed by atoms with E-state index < -0.39 is 0 Å². The summed E-state index contributed by atoms with van der Waals surface area (Å²) in [5.74, 6) is 0.833. The predicted molar refractivity (Wildman–Crippen MR) is 82.2 cm³/mol. The fraction of sp³-hybridized carbons (Fsp3) is 0.733. The van der Waals surface area contributed by atoms with Crippen molar-refractivity contribution in [3.8, 4) is 0 Å². The zero-order valence-corrected chi connectivity index (χ0v) is 12.9. The van der Waals surface area contributed by atoms with Crippen LogP contribution < -0.4 is 10.6 Å². The van der Waals surface area contributed by atoms with Gasteiger partial charge < -0.3 is 10.6 Å². The van der Waals surface area contributed by atoms with Gasteiger partial charge in [0.2, 0.25) is 5.91 Å². The lowest BCUT2D eigenvalue weighted by Gasteiger charge is -2.23. The highest BCUT2D eigenvalue weighted by Crippen LogP contribution is 2.20. The number of carbonyl (C=O) groups is 1. The van der Waals surface area contributed by atoms with E-state index in [4.69, 9.17) is 0 Å². The molecule has 116 valence electrons. The molecule has 21 heavy (non-hydrogen) atoms. The van der Waals surface area contributed by atoms with Gasteiger partial charge in [0.15, 0.2) is 0 Å². The van der Waals surface area contributed by atoms with Crippen molar-refractivity contribution in [2.24, 2.45) is 0 Å². The van der Waals surface area contributed by atoms with Crippen molar-refractivity contribution in [1.82, 2.24) is 20.0 Å². The number of nitrogens with one attached hydrogen (secondary N) is 2. The summed E-state index contributed by atoms with van der Waals surface area (Å²) < 4.78 is 1.84. The monoisotopic (exact) mass is 291 g/mol. The van der Waals surface area contributed by atoms with Crippen molar-refractivity contribution in [2.45, 2.75) is 51.2 Å². The summed E-state index contributed by atoms with van der Waals surface area (Å²) in [4.78, 5) is 14.5. The molecule has 3 rings (SSSR count). The van der Waals surface area contributed by atoms with Gasteiger partial charge in [-0.15, -0.1) is 0 Å². The van der Waals surface area contributed by atoms with E-state index in [1.807, 2.05) is 10.7 Å². The molecule has 2 bridgehead atoms. The number of hydrogen-bond donors (Lipinski definition) is 2. The molecule has 0 radical (unpaired) electrons. The Morgan fingerprint density at radius 3 is 3.05 bits per heavy atom. The first-order valence-electron chi connectivity index (χ1n) is 7.93. The van der Waals surface area contributed by atoms with Gasteiger partial charge in [0, 0.05) is 37.3 Å². The van der Waals surface area contributed by atoms with Crippen LogP contribution in [0.1, 0.15) is 39.2 Å². The minimum atomic E-state index is 0.0511. The highest BCUT2D eigenvalue weighted by Gasteiger charge is 2.29. The lowest BCUT2D eigenvalue weighted by Crippen LogP contribution is -2.39. The van der Waals surface area contributed by atoms with Crippen LogP contribution in [-0.4, -0.2) is 52.3 Å². The molecule has 0 aromatic carbocycles. The second kappa shape index (κ2) is 6.15. The van der Waals surface area contributed by atoms with Gasteiger partial charge in [-0.1, -0.05) is 0 Å². The van der Waals surface area contributed by atoms with Crippen LogP contribution in [0.15, 0.2) is 12.3 Å². The molecular weight excluding hydrogens is 266 g/mol. The van der Waals surface area contributed by atoms with E-state index in [0.29, 0.717) is 18.6 Å². The molecule has 2 saturated heterocycles. The maximum atomic E-state index is 12.3. The summed E-state index contributed by atoms with van der Waals surface area (Å²) in [6.07, 6.45) is 5.40. The van der Waals surface area contributed by atoms with Gasteiger partial charge in [0.25, 0.3) is 0 Å². The average Bonchev–Trinajstić information content (AvgIpc) is 2.99. The molecule has 2 unspecified atom stereocenters. The van der Waals surface area contributed by atoms with Crippen molar-refractivity contribution in [2.75, 3.05) is 25.0 Å². The first-order valence-corrected chi connectivity index (χ1v) is 7.93. The fourth-order valence-electron chi connectivity index (χ4n) is 3.37. The Kier molecular flexibility index (Phi) is 4.26. The minimum absolute atomic E-state index is 0.0511. The molecule has 2 fully saturated rings. The van der Waals surface area contributed by atoms with Crippen LogP contribution in [0.2, 0.25) is 0 Å². The molecule has 0 aliphatic carbocycles. The van der Waals surface area contributed by atoms with Gasteiger partial charge in [-0.25, -0.2) is 4.68 Å². The third kappa shape index (κ3) is 3.44. The SMILES string of the molecule is CC(C)n1nccc1NC(=O)CN1CCC2CCC(C1)N2. The molecule has 2 aliphatic rings. The number of carbonyl (C=O) groups excluding carboxylic acids is 1. The van der Waals surface area contributed by atoms with Crippen molar-refractivity contribution < 1.29 is 4.79 Å². The van der Waals surface area contributed by atoms with Crippen LogP contribution in [0.3, 0.4) is 0 Å². The largest absolute Gasteiger partial charge is 0.310 e. The molecule has 2 aliphatic heterocycles. The van der Waals surface area contributed by atoms with Crippen LogP contribution in [0.25, 0.3) is 0 Å². The van der Waals surface area contributed by atoms with E-state index >= 15 is 0 Å². The highest BCUT2D eigenvalue weighted by molar-refractivity contribution is 5.91. The van der Waals surface area contributed by atoms with Gasteiger partial charge >= 0.3 is 0 Å². The van der Waals surface area contributed by atoms with Crippen molar-refractivity contribution in [3.05, 3.63) is 12.3 Å². The molecule has 0 saturated carbocycles. The number of nitrogens with zero attached hydrogens (tertiary/aromatic N) is 3. The highest BCUT2D eigenvalue weighted by atomic mass is 16.2. The summed E-state index contributed by atoms with van der Waals surface area (Å²) in [7, 11) is 0. The van der Waals surface area contributed by atoms with E-state index in [0.717, 1.165) is 25.3 Å². The van der Waals surface area contributed by atoms with Crippen LogP contribution in [-0.2, 0) is 4.79 Å². The molecular formula is C15H25N5O. The summed E-state index contributed by atoms with van der Waals surface area (Å²) in [6, 6.07) is 3.31. The standard InChI is InChI=1S/C15H25N5O/c1-11(2)20-14(5-7-16-20)18-15(21)10-19-8-6-12-3-4-13(9-19)17-12/h5,7,11-13,17H,3-4,6,8-10H2,1-2H3,(H,18,21). The number of fused-ring (bicyclic) bond motifs is 2. The van der Waals surface area contributed by atoms with Crippen molar-refractivity contribution >= 4 is 11.7 Å². The summed E-state index contributed by atoms with van der Waals surface area (Å²) in [5.41, 5.74) is 0. The molecule has 1 aromatic rings. The van der Waals surface area contributed by atoms with Crippen LogP contribution in [0.4, 0.5) is 5.82 Å². The molecule has 3 heterocycles. The fourth-order valence-corrected chi connectivity index (χ4v) is 3.37. The molecule has 0 spiro atoms. The molecule has 2 atom stereocenters. The van der Waals surface area contributed by atoms with E-state index in [2.05, 4.69) is 34.5 Å². The van der Waals surface area contributed by atoms with Gasteiger partial charge in [-0.05, 0) is 33.1 Å². The van der Waals surface area contributed by atoms with Gasteiger partial charge in [-0.3, -0.25) is 9.69 Å². The van der Waals surface area contributed by atoms with Crippen molar-refractivity contribution in [1.29, 1.82) is 0 Å². The number of anilines is 1. The van der Waals surface area contributed by atoms with E-state index in [-0.39, 0.29) is 11.9 Å². The Morgan fingerprint density at radius 1 is 1.43 bits per heavy atom. The number of rotatable bonds is 4. The number of hydrogen-bond acceptors (Lipinski definition) is 4. The first-order chi connectivity index (χ1) is 10.1. The Bertz CT molecular complexity index is 498. The molecule has 1 amide bonds. The van der Waals surface area contributed by atoms with Gasteiger partial charge in [0.05, 0.1) is 12.7 Å². The topological polar surface area (TPSA) is 62.2 Å². The van der Waals surface area contributed by atoms with Crippen LogP contribution in [0, 0.1) is 0 Å². The number of aromatic nitrogens is 2. The lowest BCUT2D eigenvalue weighted by atomic mass is 10.1. The van der Waals surface area contributed by atoms with Crippen LogP contribution >= 0.6 is 0 Å². The Balaban J connectivity index is 1.55. The smallest absolute Gasteiger partial charge is 0.239 e. The van der Waals surface area contributed by atoms with E-state index in [9.17, 15) is 4.79 Å². The first kappa shape index (κ1) is 14.5. The lowest BCUT2D eigenvalue weighted by molar-refractivity contribution is -0.117. The normalized spacial score (nSPS) is 26.0. The summed E-state index contributed by atoms with van der Waals surface area (Å²) in [6.45, 7) is 6.56. The molecule has 6 heteroatoms. The van der Waals surface area contributed by atoms with Gasteiger partial charge in [-0.2, -0.15) is 5.10 Å². The third-order valence-corrected chi connectivity index (χ3v) is 4.40. The maximum Gasteiger partial charge on any atom is 0.239 e. The second-order valence-corrected chi connectivity index (χ2v) is 6.46. The number of likely N-dealkylation sites (tertiary alicyclic amines) is 1. The van der Waals surface area contributed by atoms with E-state index in [1.165, 1.54) is 12.8 Å². The van der Waals surface area contributed by atoms with Gasteiger partial charge in [0.1, 0.15) is 5.82 Å². The zero-order chi connectivity index (χ0) is 14.8. The minimum Gasteiger partial charge on any atom is -0.310 e. The molecule has 6 nitrogen and oxygen atoms in total. The number of amides is 1. The summed E-state index contributed by atoms with van der Waals surface area (Å²) in [5, 5.41) is 10.9. The molecule has 2 N–H and O–H groups in total. The Morgan fingerprint density at radius 2 is 2.24 bits per heavy atom. The van der Waals surface area contributed by atoms with Crippen LogP contribution in [0.5, 0.6) is 0 Å². The predicted octanol–water partition coefficient (Wildman–Crippen LogP) is 1.23. The van der Waals surface area contributed by atoms with E-state index in [1.54, 1.807) is 6.20 Å². The third-order valence-electron chi connectivity index (χ3n) is 4.40. The second-order valence-electron chi connectivity index (χ2n) is 6.46. The molecule has 1 aromatic heterocycles. The Hall–Kier alpha value is -1.40. The van der Waals surface area contributed by atoms with Crippen molar-refractivity contribution in [3.63, 3.8) is 0 Å². The zero-order valence-electron chi connectivity index (χ0n) is 12.9. The quantitative estimate of drug-likeness (QED) is 0.876. The maximum absolute atomic E-state index is 12.3. The average molecular weight is 291 g/mol. The summed E-state index contributed by atoms with van der Waals surface area (Å²) >= 11 is 0. The Labute approximate surface area is 125 Å².